The summed E-state index contributed by atoms with van der Waals surface area (Å²) in [6.45, 7) is 4.92. The second kappa shape index (κ2) is 12.0. The molecular formula is C19H23NO9. The molecule has 0 saturated carbocycles. The van der Waals surface area contributed by atoms with Crippen LogP contribution in [0.15, 0.2) is 36.0 Å². The van der Waals surface area contributed by atoms with Crippen molar-refractivity contribution in [2.24, 2.45) is 0 Å². The standard InChI is InChI=1S/C19H23NO9/c1-5-26-18(23)28-14-9-7-13(8-10-14)16(17(22)29-19(24)27-6-2)20-12(3)11-15(21)25-4/h7-11,16,20H,5-6H2,1-4H3/b12-11+. The molecule has 0 aliphatic rings. The summed E-state index contributed by atoms with van der Waals surface area (Å²) in [5.41, 5.74) is 0.655. The van der Waals surface area contributed by atoms with Crippen LogP contribution >= 0.6 is 0 Å². The summed E-state index contributed by atoms with van der Waals surface area (Å²) in [4.78, 5) is 46.7. The van der Waals surface area contributed by atoms with E-state index in [1.807, 2.05) is 0 Å². The van der Waals surface area contributed by atoms with E-state index in [9.17, 15) is 19.2 Å². The Kier molecular flexibility index (Phi) is 9.72. The summed E-state index contributed by atoms with van der Waals surface area (Å²) < 4.78 is 23.4. The van der Waals surface area contributed by atoms with E-state index in [2.05, 4.69) is 24.3 Å². The molecule has 1 N–H and O–H groups in total. The Bertz CT molecular complexity index is 755. The minimum Gasteiger partial charge on any atom is -0.466 e. The number of hydrogen-bond donors (Lipinski definition) is 1. The van der Waals surface area contributed by atoms with Crippen molar-refractivity contribution in [2.75, 3.05) is 20.3 Å². The van der Waals surface area contributed by atoms with E-state index < -0.39 is 30.3 Å². The van der Waals surface area contributed by atoms with E-state index in [1.165, 1.54) is 38.3 Å². The predicted octanol–water partition coefficient (Wildman–Crippen LogP) is 2.63. The topological polar surface area (TPSA) is 126 Å². The fourth-order valence-corrected chi connectivity index (χ4v) is 2.04. The molecule has 158 valence electrons. The van der Waals surface area contributed by atoms with Gasteiger partial charge in [0.1, 0.15) is 5.75 Å². The monoisotopic (exact) mass is 409 g/mol. The molecule has 0 bridgehead atoms. The summed E-state index contributed by atoms with van der Waals surface area (Å²) in [5.74, 6) is -1.41. The van der Waals surface area contributed by atoms with Crippen LogP contribution in [-0.4, -0.2) is 44.6 Å². The summed E-state index contributed by atoms with van der Waals surface area (Å²) in [6, 6.07) is 4.65. The summed E-state index contributed by atoms with van der Waals surface area (Å²) in [6.07, 6.45) is -0.891. The number of rotatable bonds is 8. The quantitative estimate of drug-likeness (QED) is 0.225. The first-order chi connectivity index (χ1) is 13.8. The van der Waals surface area contributed by atoms with Crippen molar-refractivity contribution in [1.82, 2.24) is 5.32 Å². The number of carbonyl (C=O) groups excluding carboxylic acids is 4. The van der Waals surface area contributed by atoms with E-state index in [1.54, 1.807) is 13.8 Å². The van der Waals surface area contributed by atoms with Gasteiger partial charge in [-0.3, -0.25) is 0 Å². The maximum Gasteiger partial charge on any atom is 0.516 e. The van der Waals surface area contributed by atoms with Gasteiger partial charge in [0.15, 0.2) is 6.04 Å². The molecule has 1 unspecified atom stereocenters. The van der Waals surface area contributed by atoms with Gasteiger partial charge in [-0.1, -0.05) is 12.1 Å². The van der Waals surface area contributed by atoms with E-state index in [0.717, 1.165) is 6.08 Å². The van der Waals surface area contributed by atoms with Crippen LogP contribution < -0.4 is 10.1 Å². The lowest BCUT2D eigenvalue weighted by atomic mass is 10.1. The zero-order chi connectivity index (χ0) is 21.8. The SMILES string of the molecule is CCOC(=O)OC(=O)C(N/C(C)=C/C(=O)OC)c1ccc(OC(=O)OCC)cc1. The summed E-state index contributed by atoms with van der Waals surface area (Å²) in [5, 5.41) is 2.77. The number of hydrogen-bond acceptors (Lipinski definition) is 10. The van der Waals surface area contributed by atoms with Gasteiger partial charge < -0.3 is 29.0 Å². The normalized spacial score (nSPS) is 11.7. The predicted molar refractivity (Wildman–Crippen MR) is 98.9 cm³/mol. The van der Waals surface area contributed by atoms with Gasteiger partial charge in [-0.2, -0.15) is 0 Å². The van der Waals surface area contributed by atoms with E-state index in [-0.39, 0.29) is 24.7 Å². The van der Waals surface area contributed by atoms with Crippen molar-refractivity contribution < 1.29 is 42.9 Å². The molecule has 10 nitrogen and oxygen atoms in total. The Balaban J connectivity index is 3.04. The van der Waals surface area contributed by atoms with E-state index >= 15 is 0 Å². The maximum atomic E-state index is 12.4. The molecule has 1 atom stereocenters. The molecule has 0 saturated heterocycles. The second-order valence-electron chi connectivity index (χ2n) is 5.39. The van der Waals surface area contributed by atoms with Gasteiger partial charge in [0.2, 0.25) is 0 Å². The van der Waals surface area contributed by atoms with Crippen LogP contribution in [0.3, 0.4) is 0 Å². The number of nitrogens with one attached hydrogen (secondary N) is 1. The Labute approximate surface area is 167 Å². The van der Waals surface area contributed by atoms with Crippen LogP contribution in [0.2, 0.25) is 0 Å². The van der Waals surface area contributed by atoms with Crippen LogP contribution in [0, 0.1) is 0 Å². The average Bonchev–Trinajstić information content (AvgIpc) is 2.67. The average molecular weight is 409 g/mol. The Morgan fingerprint density at radius 1 is 1.00 bits per heavy atom. The first kappa shape index (κ1) is 23.5. The number of allylic oxidation sites excluding steroid dienone is 1. The van der Waals surface area contributed by atoms with Crippen molar-refractivity contribution >= 4 is 24.2 Å². The largest absolute Gasteiger partial charge is 0.516 e. The zero-order valence-corrected chi connectivity index (χ0v) is 16.6. The molecule has 0 aliphatic heterocycles. The van der Waals surface area contributed by atoms with Gasteiger partial charge in [-0.25, -0.2) is 19.2 Å². The molecular weight excluding hydrogens is 386 g/mol. The molecule has 0 radical (unpaired) electrons. The third kappa shape index (κ3) is 8.33. The number of benzene rings is 1. The van der Waals surface area contributed by atoms with Crippen molar-refractivity contribution in [2.45, 2.75) is 26.8 Å². The molecule has 29 heavy (non-hydrogen) atoms. The molecule has 1 aromatic carbocycles. The van der Waals surface area contributed by atoms with E-state index in [4.69, 9.17) is 4.74 Å². The number of carbonyl (C=O) groups is 4. The first-order valence-corrected chi connectivity index (χ1v) is 8.66. The highest BCUT2D eigenvalue weighted by atomic mass is 16.7. The van der Waals surface area contributed by atoms with Crippen LogP contribution in [0.1, 0.15) is 32.4 Å². The smallest absolute Gasteiger partial charge is 0.466 e. The number of esters is 2. The minimum absolute atomic E-state index is 0.0331. The fourth-order valence-electron chi connectivity index (χ4n) is 2.04. The maximum absolute atomic E-state index is 12.4. The molecule has 0 spiro atoms. The highest BCUT2D eigenvalue weighted by molar-refractivity contribution is 5.87. The highest BCUT2D eigenvalue weighted by Crippen LogP contribution is 2.21. The third-order valence-corrected chi connectivity index (χ3v) is 3.27. The van der Waals surface area contributed by atoms with Crippen LogP contribution in [0.4, 0.5) is 9.59 Å². The van der Waals surface area contributed by atoms with Gasteiger partial charge >= 0.3 is 24.2 Å². The van der Waals surface area contributed by atoms with Gasteiger partial charge in [0.25, 0.3) is 0 Å². The fraction of sp³-hybridized carbons (Fsp3) is 0.368. The van der Waals surface area contributed by atoms with Crippen molar-refractivity contribution in [1.29, 1.82) is 0 Å². The molecule has 0 fully saturated rings. The zero-order valence-electron chi connectivity index (χ0n) is 16.6. The van der Waals surface area contributed by atoms with Gasteiger partial charge in [-0.15, -0.1) is 0 Å². The number of ether oxygens (including phenoxy) is 5. The second-order valence-corrected chi connectivity index (χ2v) is 5.39. The Morgan fingerprint density at radius 3 is 2.14 bits per heavy atom. The lowest BCUT2D eigenvalue weighted by molar-refractivity contribution is -0.142. The molecule has 0 aromatic heterocycles. The summed E-state index contributed by atoms with van der Waals surface area (Å²) >= 11 is 0. The number of methoxy groups -OCH3 is 1. The van der Waals surface area contributed by atoms with Crippen molar-refractivity contribution in [3.05, 3.63) is 41.6 Å². The van der Waals surface area contributed by atoms with Crippen LogP contribution in [0.5, 0.6) is 5.75 Å². The molecule has 1 aromatic rings. The van der Waals surface area contributed by atoms with Crippen molar-refractivity contribution in [3.8, 4) is 5.75 Å². The first-order valence-electron chi connectivity index (χ1n) is 8.66. The highest BCUT2D eigenvalue weighted by Gasteiger charge is 2.26. The summed E-state index contributed by atoms with van der Waals surface area (Å²) in [7, 11) is 1.21. The molecule has 0 heterocycles. The van der Waals surface area contributed by atoms with Gasteiger partial charge in [0, 0.05) is 11.8 Å². The molecule has 10 heteroatoms. The van der Waals surface area contributed by atoms with Gasteiger partial charge in [0.05, 0.1) is 20.3 Å². The van der Waals surface area contributed by atoms with E-state index in [0.29, 0.717) is 5.56 Å². The minimum atomic E-state index is -1.16. The van der Waals surface area contributed by atoms with Crippen molar-refractivity contribution in [3.63, 3.8) is 0 Å². The Morgan fingerprint density at radius 2 is 1.59 bits per heavy atom. The Hall–Kier alpha value is -3.56. The van der Waals surface area contributed by atoms with Crippen LogP contribution in [0.25, 0.3) is 0 Å². The molecule has 1 rings (SSSR count). The molecule has 0 amide bonds. The lowest BCUT2D eigenvalue weighted by Gasteiger charge is -2.19. The molecule has 0 aliphatic carbocycles. The third-order valence-electron chi connectivity index (χ3n) is 3.27. The van der Waals surface area contributed by atoms with Gasteiger partial charge in [-0.05, 0) is 38.5 Å². The van der Waals surface area contributed by atoms with Crippen LogP contribution in [-0.2, 0) is 28.5 Å². The lowest BCUT2D eigenvalue weighted by Crippen LogP contribution is -2.31.